The fourth-order valence-corrected chi connectivity index (χ4v) is 3.29. The Hall–Kier alpha value is -0.540. The predicted octanol–water partition coefficient (Wildman–Crippen LogP) is 3.93. The zero-order valence-electron chi connectivity index (χ0n) is 11.5. The van der Waals surface area contributed by atoms with E-state index in [0.29, 0.717) is 16.6 Å². The van der Waals surface area contributed by atoms with Gasteiger partial charge < -0.3 is 10.4 Å². The summed E-state index contributed by atoms with van der Waals surface area (Å²) < 4.78 is 0.758. The molecule has 0 saturated heterocycles. The molecule has 1 saturated carbocycles. The lowest BCUT2D eigenvalue weighted by molar-refractivity contribution is 0.457. The Labute approximate surface area is 118 Å². The SMILES string of the molecule is CC1(C)C(CNCc2ccc(O)c(Br)c2)C1(C)C. The normalized spacial score (nSPS) is 20.9. The monoisotopic (exact) mass is 311 g/mol. The molecule has 0 atom stereocenters. The molecule has 0 aliphatic heterocycles. The molecule has 2 N–H and O–H groups in total. The molecule has 0 amide bonds. The van der Waals surface area contributed by atoms with Gasteiger partial charge in [0.05, 0.1) is 4.47 Å². The average Bonchev–Trinajstić information content (AvgIpc) is 2.65. The third-order valence-electron chi connectivity index (χ3n) is 5.01. The van der Waals surface area contributed by atoms with Crippen LogP contribution in [0.2, 0.25) is 0 Å². The quantitative estimate of drug-likeness (QED) is 0.883. The summed E-state index contributed by atoms with van der Waals surface area (Å²) in [5.74, 6) is 1.04. The molecule has 0 heterocycles. The molecule has 1 aromatic rings. The second kappa shape index (κ2) is 4.53. The zero-order valence-corrected chi connectivity index (χ0v) is 13.1. The molecular formula is C15H22BrNO. The van der Waals surface area contributed by atoms with Crippen LogP contribution in [0.25, 0.3) is 0 Å². The second-order valence-electron chi connectivity index (χ2n) is 6.41. The molecule has 0 aromatic heterocycles. The van der Waals surface area contributed by atoms with Gasteiger partial charge in [0, 0.05) is 6.54 Å². The Morgan fingerprint density at radius 2 is 1.83 bits per heavy atom. The van der Waals surface area contributed by atoms with Crippen LogP contribution in [-0.4, -0.2) is 11.7 Å². The molecule has 3 heteroatoms. The minimum Gasteiger partial charge on any atom is -0.507 e. The zero-order chi connectivity index (χ0) is 13.6. The number of hydrogen-bond donors (Lipinski definition) is 2. The van der Waals surface area contributed by atoms with E-state index in [1.807, 2.05) is 12.1 Å². The lowest BCUT2D eigenvalue weighted by atomic mass is 10.0. The fourth-order valence-electron chi connectivity index (χ4n) is 2.86. The Morgan fingerprint density at radius 3 is 2.33 bits per heavy atom. The third-order valence-corrected chi connectivity index (χ3v) is 5.64. The summed E-state index contributed by atoms with van der Waals surface area (Å²) >= 11 is 3.34. The summed E-state index contributed by atoms with van der Waals surface area (Å²) in [6.45, 7) is 11.3. The molecule has 2 nitrogen and oxygen atoms in total. The van der Waals surface area contributed by atoms with Crippen LogP contribution in [0.3, 0.4) is 0 Å². The van der Waals surface area contributed by atoms with E-state index in [-0.39, 0.29) is 0 Å². The molecule has 1 aliphatic carbocycles. The lowest BCUT2D eigenvalue weighted by Crippen LogP contribution is -2.18. The van der Waals surface area contributed by atoms with Gasteiger partial charge in [-0.05, 0) is 56.9 Å². The summed E-state index contributed by atoms with van der Waals surface area (Å²) in [6.07, 6.45) is 0. The Kier molecular flexibility index (Phi) is 3.50. The summed E-state index contributed by atoms with van der Waals surface area (Å²) in [6, 6.07) is 5.65. The van der Waals surface area contributed by atoms with Gasteiger partial charge in [0.15, 0.2) is 0 Å². The van der Waals surface area contributed by atoms with Crippen LogP contribution in [0.1, 0.15) is 33.3 Å². The van der Waals surface area contributed by atoms with Crippen molar-refractivity contribution in [3.8, 4) is 5.75 Å². The number of phenolic OH excluding ortho intramolecular Hbond substituents is 1. The van der Waals surface area contributed by atoms with E-state index >= 15 is 0 Å². The van der Waals surface area contributed by atoms with Crippen LogP contribution in [0.15, 0.2) is 22.7 Å². The maximum absolute atomic E-state index is 9.44. The van der Waals surface area contributed by atoms with E-state index in [1.54, 1.807) is 6.07 Å². The number of halogens is 1. The van der Waals surface area contributed by atoms with E-state index in [2.05, 4.69) is 48.9 Å². The molecule has 0 bridgehead atoms. The molecular weight excluding hydrogens is 290 g/mol. The van der Waals surface area contributed by atoms with Gasteiger partial charge in [-0.15, -0.1) is 0 Å². The largest absolute Gasteiger partial charge is 0.507 e. The van der Waals surface area contributed by atoms with E-state index in [4.69, 9.17) is 0 Å². The first-order valence-electron chi connectivity index (χ1n) is 6.45. The van der Waals surface area contributed by atoms with E-state index in [9.17, 15) is 5.11 Å². The summed E-state index contributed by atoms with van der Waals surface area (Å²) in [5.41, 5.74) is 2.07. The molecule has 100 valence electrons. The van der Waals surface area contributed by atoms with Crippen LogP contribution in [-0.2, 0) is 6.54 Å². The molecule has 1 fully saturated rings. The highest BCUT2D eigenvalue weighted by molar-refractivity contribution is 9.10. The summed E-state index contributed by atoms with van der Waals surface area (Å²) in [4.78, 5) is 0. The number of aromatic hydroxyl groups is 1. The molecule has 0 radical (unpaired) electrons. The van der Waals surface area contributed by atoms with Crippen molar-refractivity contribution in [3.05, 3.63) is 28.2 Å². The van der Waals surface area contributed by atoms with Gasteiger partial charge in [0.25, 0.3) is 0 Å². The van der Waals surface area contributed by atoms with Crippen molar-refractivity contribution in [2.45, 2.75) is 34.2 Å². The number of nitrogens with one attached hydrogen (secondary N) is 1. The molecule has 1 aliphatic rings. The third kappa shape index (κ3) is 2.30. The topological polar surface area (TPSA) is 32.3 Å². The summed E-state index contributed by atoms with van der Waals surface area (Å²) in [7, 11) is 0. The van der Waals surface area contributed by atoms with Crippen LogP contribution in [0, 0.1) is 16.7 Å². The molecule has 1 aromatic carbocycles. The van der Waals surface area contributed by atoms with Crippen LogP contribution in [0.4, 0.5) is 0 Å². The van der Waals surface area contributed by atoms with E-state index in [0.717, 1.165) is 23.5 Å². The predicted molar refractivity (Wildman–Crippen MR) is 78.6 cm³/mol. The van der Waals surface area contributed by atoms with Crippen LogP contribution < -0.4 is 5.32 Å². The molecule has 0 unspecified atom stereocenters. The van der Waals surface area contributed by atoms with Crippen molar-refractivity contribution < 1.29 is 5.11 Å². The second-order valence-corrected chi connectivity index (χ2v) is 7.27. The van der Waals surface area contributed by atoms with E-state index in [1.165, 1.54) is 5.56 Å². The van der Waals surface area contributed by atoms with Gasteiger partial charge in [-0.1, -0.05) is 33.8 Å². The maximum Gasteiger partial charge on any atom is 0.129 e. The van der Waals surface area contributed by atoms with Gasteiger partial charge in [-0.2, -0.15) is 0 Å². The highest BCUT2D eigenvalue weighted by Gasteiger charge is 2.63. The van der Waals surface area contributed by atoms with Crippen molar-refractivity contribution in [2.75, 3.05) is 6.54 Å². The first kappa shape index (κ1) is 13.9. The first-order chi connectivity index (χ1) is 8.26. The summed E-state index contributed by atoms with van der Waals surface area (Å²) in [5, 5.41) is 13.0. The van der Waals surface area contributed by atoms with Crippen molar-refractivity contribution in [3.63, 3.8) is 0 Å². The number of phenols is 1. The standard InChI is InChI=1S/C15H22BrNO/c1-14(2)13(15(14,3)4)9-17-8-10-5-6-12(18)11(16)7-10/h5-7,13,17-18H,8-9H2,1-4H3. The minimum atomic E-state index is 0.295. The van der Waals surface area contributed by atoms with Crippen molar-refractivity contribution in [1.29, 1.82) is 0 Å². The molecule has 0 spiro atoms. The Bertz CT molecular complexity index is 440. The highest BCUT2D eigenvalue weighted by Crippen LogP contribution is 2.67. The molecule has 2 rings (SSSR count). The lowest BCUT2D eigenvalue weighted by Gasteiger charge is -2.07. The first-order valence-corrected chi connectivity index (χ1v) is 7.24. The van der Waals surface area contributed by atoms with Gasteiger partial charge in [-0.25, -0.2) is 0 Å². The number of benzene rings is 1. The van der Waals surface area contributed by atoms with Gasteiger partial charge in [0.1, 0.15) is 5.75 Å². The smallest absolute Gasteiger partial charge is 0.129 e. The van der Waals surface area contributed by atoms with Gasteiger partial charge in [-0.3, -0.25) is 0 Å². The fraction of sp³-hybridized carbons (Fsp3) is 0.600. The average molecular weight is 312 g/mol. The Morgan fingerprint density at radius 1 is 1.22 bits per heavy atom. The van der Waals surface area contributed by atoms with Crippen molar-refractivity contribution in [1.82, 2.24) is 5.32 Å². The van der Waals surface area contributed by atoms with Crippen LogP contribution >= 0.6 is 15.9 Å². The van der Waals surface area contributed by atoms with E-state index < -0.39 is 0 Å². The van der Waals surface area contributed by atoms with Gasteiger partial charge >= 0.3 is 0 Å². The highest BCUT2D eigenvalue weighted by atomic mass is 79.9. The number of rotatable bonds is 4. The Balaban J connectivity index is 1.85. The van der Waals surface area contributed by atoms with Gasteiger partial charge in [0.2, 0.25) is 0 Å². The number of hydrogen-bond acceptors (Lipinski definition) is 2. The van der Waals surface area contributed by atoms with Crippen LogP contribution in [0.5, 0.6) is 5.75 Å². The molecule has 18 heavy (non-hydrogen) atoms. The van der Waals surface area contributed by atoms with Crippen molar-refractivity contribution >= 4 is 15.9 Å². The van der Waals surface area contributed by atoms with Crippen molar-refractivity contribution in [2.24, 2.45) is 16.7 Å². The minimum absolute atomic E-state index is 0.295. The maximum atomic E-state index is 9.44.